The number of piperazine rings is 1. The van der Waals surface area contributed by atoms with Crippen LogP contribution in [0.2, 0.25) is 0 Å². The Morgan fingerprint density at radius 3 is 2.29 bits per heavy atom. The van der Waals surface area contributed by atoms with Gasteiger partial charge in [0, 0.05) is 45.9 Å². The third kappa shape index (κ3) is 3.87. The van der Waals surface area contributed by atoms with Gasteiger partial charge in [-0.15, -0.1) is 0 Å². The third-order valence-electron chi connectivity index (χ3n) is 4.43. The molecule has 3 aliphatic rings. The Balaban J connectivity index is 1.83. The van der Waals surface area contributed by atoms with Gasteiger partial charge in [0.15, 0.2) is 17.0 Å². The number of likely N-dealkylation sites (N-methyl/N-ethyl adjacent to an activating group) is 1. The molecular weight excluding hydrogens is 348 g/mol. The van der Waals surface area contributed by atoms with Crippen molar-refractivity contribution in [2.75, 3.05) is 33.2 Å². The topological polar surface area (TPSA) is 66.9 Å². The smallest absolute Gasteiger partial charge is 0.303 e. The Hall–Kier alpha value is -0.830. The fourth-order valence-corrected chi connectivity index (χ4v) is 6.34. The van der Waals surface area contributed by atoms with Crippen LogP contribution in [0.4, 0.5) is 0 Å². The van der Waals surface area contributed by atoms with Crippen molar-refractivity contribution in [1.82, 2.24) is 9.80 Å². The highest BCUT2D eigenvalue weighted by molar-refractivity contribution is 8.26. The molecule has 2 unspecified atom stereocenters. The number of nitrogens with zero attached hydrogens (tertiary/aromatic N) is 2. The molecular formula is C16H22N2O4S2. The maximum atomic E-state index is 12.2. The Morgan fingerprint density at radius 2 is 1.71 bits per heavy atom. The van der Waals surface area contributed by atoms with Gasteiger partial charge in [-0.2, -0.15) is 0 Å². The van der Waals surface area contributed by atoms with Crippen molar-refractivity contribution in [3.05, 3.63) is 9.81 Å². The van der Waals surface area contributed by atoms with E-state index in [0.29, 0.717) is 24.8 Å². The second-order valence-corrected chi connectivity index (χ2v) is 8.80. The van der Waals surface area contributed by atoms with E-state index in [-0.39, 0.29) is 28.3 Å². The minimum absolute atomic E-state index is 0.0439. The monoisotopic (exact) mass is 370 g/mol. The maximum absolute atomic E-state index is 12.2. The molecule has 3 fully saturated rings. The SMILES string of the molecule is CC(=O)OC1SC(=C2C(=O)CCCC2=O)SC1N1CCN(C)CC1. The number of carbonyl (C=O) groups excluding carboxylic acids is 3. The standard InChI is InChI=1S/C16H22N2O4S2/c1-10(19)22-15-14(18-8-6-17(2)7-9-18)23-16(24-15)13-11(20)4-3-5-12(13)21/h14-15H,3-9H2,1-2H3. The minimum atomic E-state index is -0.374. The first-order valence-electron chi connectivity index (χ1n) is 8.19. The molecule has 1 aliphatic carbocycles. The largest absolute Gasteiger partial charge is 0.448 e. The lowest BCUT2D eigenvalue weighted by Gasteiger charge is -2.37. The summed E-state index contributed by atoms with van der Waals surface area (Å²) in [5.74, 6) is -0.469. The van der Waals surface area contributed by atoms with Gasteiger partial charge in [0.25, 0.3) is 0 Å². The number of allylic oxidation sites excluding steroid dienone is 1. The van der Waals surface area contributed by atoms with E-state index in [1.807, 2.05) is 0 Å². The molecule has 2 atom stereocenters. The molecule has 0 aromatic carbocycles. The highest BCUT2D eigenvalue weighted by atomic mass is 32.2. The van der Waals surface area contributed by atoms with Gasteiger partial charge in [-0.1, -0.05) is 23.5 Å². The number of ether oxygens (including phenoxy) is 1. The van der Waals surface area contributed by atoms with Crippen LogP contribution in [0.5, 0.6) is 0 Å². The highest BCUT2D eigenvalue weighted by Gasteiger charge is 2.43. The van der Waals surface area contributed by atoms with E-state index in [1.165, 1.54) is 30.4 Å². The summed E-state index contributed by atoms with van der Waals surface area (Å²) < 4.78 is 6.22. The van der Waals surface area contributed by atoms with Crippen molar-refractivity contribution in [2.24, 2.45) is 0 Å². The fraction of sp³-hybridized carbons (Fsp3) is 0.688. The van der Waals surface area contributed by atoms with Crippen LogP contribution >= 0.6 is 23.5 Å². The lowest BCUT2D eigenvalue weighted by Crippen LogP contribution is -2.50. The number of carbonyl (C=O) groups is 3. The van der Waals surface area contributed by atoms with Crippen molar-refractivity contribution < 1.29 is 19.1 Å². The molecule has 2 aliphatic heterocycles. The molecule has 0 bridgehead atoms. The Labute approximate surface area is 150 Å². The molecule has 6 nitrogen and oxygen atoms in total. The second kappa shape index (κ2) is 7.59. The minimum Gasteiger partial charge on any atom is -0.448 e. The summed E-state index contributed by atoms with van der Waals surface area (Å²) in [5.41, 5.74) is -0.0361. The number of Topliss-reactive ketones (excluding diaryl/α,β-unsaturated/α-hetero) is 2. The normalized spacial score (nSPS) is 30.1. The van der Waals surface area contributed by atoms with E-state index in [4.69, 9.17) is 4.74 Å². The van der Waals surface area contributed by atoms with Crippen LogP contribution in [0.1, 0.15) is 26.2 Å². The van der Waals surface area contributed by atoms with E-state index in [1.54, 1.807) is 0 Å². The number of esters is 1. The highest BCUT2D eigenvalue weighted by Crippen LogP contribution is 2.51. The number of rotatable bonds is 2. The van der Waals surface area contributed by atoms with Crippen LogP contribution in [0.3, 0.4) is 0 Å². The zero-order valence-corrected chi connectivity index (χ0v) is 15.6. The zero-order valence-electron chi connectivity index (χ0n) is 13.9. The molecule has 0 aromatic rings. The van der Waals surface area contributed by atoms with Gasteiger partial charge in [0.05, 0.1) is 9.81 Å². The molecule has 0 spiro atoms. The first kappa shape index (κ1) is 18.0. The van der Waals surface area contributed by atoms with Gasteiger partial charge in [-0.3, -0.25) is 19.3 Å². The first-order valence-corrected chi connectivity index (χ1v) is 9.95. The number of hydrogen-bond donors (Lipinski definition) is 0. The van der Waals surface area contributed by atoms with E-state index in [2.05, 4.69) is 16.8 Å². The predicted octanol–water partition coefficient (Wildman–Crippen LogP) is 1.46. The fourth-order valence-electron chi connectivity index (χ4n) is 3.09. The summed E-state index contributed by atoms with van der Waals surface area (Å²) in [6.45, 7) is 5.08. The van der Waals surface area contributed by atoms with Gasteiger partial charge in [-0.25, -0.2) is 0 Å². The molecule has 132 valence electrons. The summed E-state index contributed by atoms with van der Waals surface area (Å²) in [7, 11) is 2.09. The zero-order chi connectivity index (χ0) is 17.3. The molecule has 0 aromatic heterocycles. The number of hydrogen-bond acceptors (Lipinski definition) is 8. The average Bonchev–Trinajstić information content (AvgIpc) is 2.90. The second-order valence-electron chi connectivity index (χ2n) is 6.31. The Bertz CT molecular complexity index is 567. The van der Waals surface area contributed by atoms with E-state index >= 15 is 0 Å². The van der Waals surface area contributed by atoms with Gasteiger partial charge in [0.1, 0.15) is 5.37 Å². The van der Waals surface area contributed by atoms with Gasteiger partial charge < -0.3 is 9.64 Å². The molecule has 0 N–H and O–H groups in total. The summed E-state index contributed by atoms with van der Waals surface area (Å²) in [6.07, 6.45) is 1.51. The van der Waals surface area contributed by atoms with E-state index in [0.717, 1.165) is 30.4 Å². The van der Waals surface area contributed by atoms with Crippen LogP contribution in [0.15, 0.2) is 9.81 Å². The average molecular weight is 370 g/mol. The molecule has 2 heterocycles. The van der Waals surface area contributed by atoms with Crippen molar-refractivity contribution in [1.29, 1.82) is 0 Å². The maximum Gasteiger partial charge on any atom is 0.303 e. The van der Waals surface area contributed by atoms with Crippen LogP contribution in [0.25, 0.3) is 0 Å². The van der Waals surface area contributed by atoms with Crippen molar-refractivity contribution in [2.45, 2.75) is 37.0 Å². The van der Waals surface area contributed by atoms with Crippen LogP contribution in [-0.2, 0) is 19.1 Å². The summed E-state index contributed by atoms with van der Waals surface area (Å²) in [4.78, 5) is 40.4. The Morgan fingerprint density at radius 1 is 1.08 bits per heavy atom. The van der Waals surface area contributed by atoms with Gasteiger partial charge in [0.2, 0.25) is 0 Å². The van der Waals surface area contributed by atoms with Gasteiger partial charge in [-0.05, 0) is 13.5 Å². The summed E-state index contributed by atoms with van der Waals surface area (Å²) in [6, 6.07) is 0. The van der Waals surface area contributed by atoms with Crippen LogP contribution in [0, 0.1) is 0 Å². The van der Waals surface area contributed by atoms with Crippen LogP contribution < -0.4 is 0 Å². The quantitative estimate of drug-likeness (QED) is 0.411. The molecule has 0 amide bonds. The van der Waals surface area contributed by atoms with E-state index in [9.17, 15) is 14.4 Å². The molecule has 8 heteroatoms. The third-order valence-corrected chi connectivity index (χ3v) is 7.39. The number of ketones is 2. The molecule has 24 heavy (non-hydrogen) atoms. The summed E-state index contributed by atoms with van der Waals surface area (Å²) >= 11 is 2.87. The van der Waals surface area contributed by atoms with Gasteiger partial charge >= 0.3 is 5.97 Å². The Kier molecular flexibility index (Phi) is 5.69. The lowest BCUT2D eigenvalue weighted by molar-refractivity contribution is -0.143. The van der Waals surface area contributed by atoms with Crippen LogP contribution in [-0.4, -0.2) is 71.4 Å². The van der Waals surface area contributed by atoms with Crippen molar-refractivity contribution in [3.63, 3.8) is 0 Å². The molecule has 1 saturated carbocycles. The van der Waals surface area contributed by atoms with Crippen molar-refractivity contribution in [3.8, 4) is 0 Å². The summed E-state index contributed by atoms with van der Waals surface area (Å²) in [5, 5.41) is -0.0439. The molecule has 2 saturated heterocycles. The lowest BCUT2D eigenvalue weighted by atomic mass is 9.94. The number of thioether (sulfide) groups is 2. The van der Waals surface area contributed by atoms with E-state index < -0.39 is 0 Å². The predicted molar refractivity (Wildman–Crippen MR) is 94.5 cm³/mol. The molecule has 0 radical (unpaired) electrons. The van der Waals surface area contributed by atoms with Crippen molar-refractivity contribution >= 4 is 41.1 Å². The molecule has 3 rings (SSSR count). The first-order chi connectivity index (χ1) is 11.5.